The average Bonchev–Trinajstić information content (AvgIpc) is 3.13. The van der Waals surface area contributed by atoms with E-state index in [2.05, 4.69) is 31.2 Å². The monoisotopic (exact) mass is 511 g/mol. The number of rotatable bonds is 4. The molecule has 0 atom stereocenters. The minimum Gasteiger partial charge on any atom is -0.404 e. The average molecular weight is 512 g/mol. The smallest absolute Gasteiger partial charge is 0.404 e. The van der Waals surface area contributed by atoms with Gasteiger partial charge in [-0.05, 0) is 24.3 Å². The van der Waals surface area contributed by atoms with Crippen LogP contribution in [0.25, 0.3) is 0 Å². The summed E-state index contributed by atoms with van der Waals surface area (Å²) in [5.41, 5.74) is 1.61. The van der Waals surface area contributed by atoms with Gasteiger partial charge in [-0.2, -0.15) is 13.2 Å². The molecule has 1 aliphatic heterocycles. The second kappa shape index (κ2) is 9.22. The van der Waals surface area contributed by atoms with Crippen molar-refractivity contribution in [2.75, 3.05) is 12.4 Å². The highest BCUT2D eigenvalue weighted by atomic mass is 35.5. The SMILES string of the molecule is CN1NNN=C1NC(=O)c1ccc(OC(F)(F)F)c(NC(=O)c2ccnc(C(F)(F)F)c2)c1Cl. The zero-order valence-corrected chi connectivity index (χ0v) is 17.4. The molecule has 2 aromatic rings. The Hall–Kier alpha value is -3.79. The summed E-state index contributed by atoms with van der Waals surface area (Å²) in [5, 5.41) is 8.51. The normalized spacial score (nSPS) is 13.8. The van der Waals surface area contributed by atoms with Crippen molar-refractivity contribution in [1.82, 2.24) is 26.4 Å². The van der Waals surface area contributed by atoms with Gasteiger partial charge < -0.3 is 10.1 Å². The van der Waals surface area contributed by atoms with E-state index in [1.54, 1.807) is 0 Å². The summed E-state index contributed by atoms with van der Waals surface area (Å²) in [4.78, 5) is 28.2. The summed E-state index contributed by atoms with van der Waals surface area (Å²) >= 11 is 6.09. The lowest BCUT2D eigenvalue weighted by atomic mass is 10.1. The van der Waals surface area contributed by atoms with Gasteiger partial charge in [-0.15, -0.1) is 23.8 Å². The van der Waals surface area contributed by atoms with Crippen molar-refractivity contribution in [2.24, 2.45) is 5.10 Å². The highest BCUT2D eigenvalue weighted by Gasteiger charge is 2.35. The van der Waals surface area contributed by atoms with Crippen LogP contribution in [0.15, 0.2) is 35.6 Å². The summed E-state index contributed by atoms with van der Waals surface area (Å²) in [6, 6.07) is 2.87. The molecule has 0 radical (unpaired) electrons. The lowest BCUT2D eigenvalue weighted by molar-refractivity contribution is -0.274. The lowest BCUT2D eigenvalue weighted by Crippen LogP contribution is -2.45. The first-order chi connectivity index (χ1) is 15.8. The van der Waals surface area contributed by atoms with Crippen LogP contribution < -0.4 is 26.4 Å². The Morgan fingerprint density at radius 2 is 1.79 bits per heavy atom. The van der Waals surface area contributed by atoms with E-state index in [9.17, 15) is 35.9 Å². The lowest BCUT2D eigenvalue weighted by Gasteiger charge is -2.18. The topological polar surface area (TPSA) is 120 Å². The molecule has 0 bridgehead atoms. The van der Waals surface area contributed by atoms with E-state index in [0.29, 0.717) is 18.3 Å². The van der Waals surface area contributed by atoms with Crippen LogP contribution in [0.5, 0.6) is 5.75 Å². The Labute approximate surface area is 190 Å². The van der Waals surface area contributed by atoms with Gasteiger partial charge in [0.1, 0.15) is 11.4 Å². The van der Waals surface area contributed by atoms with Crippen LogP contribution in [0.1, 0.15) is 26.4 Å². The minimum absolute atomic E-state index is 0.0289. The first kappa shape index (κ1) is 24.8. The van der Waals surface area contributed by atoms with Crippen LogP contribution in [-0.4, -0.2) is 41.2 Å². The quantitative estimate of drug-likeness (QED) is 0.466. The molecular formula is C17H12ClF6N7O3. The number of nitrogens with one attached hydrogen (secondary N) is 4. The highest BCUT2D eigenvalue weighted by molar-refractivity contribution is 6.37. The van der Waals surface area contributed by atoms with Gasteiger partial charge in [0, 0.05) is 18.8 Å². The standard InChI is InChI=1S/C17H12ClF6N7O3/c1-31-15(28-29-30-31)27-14(33)8-2-3-9(34-17(22,23)24)12(11(8)18)26-13(32)7-4-5-25-10(6-7)16(19,20)21/h2-6,29-30H,1H3,(H,26,32)(H,27,28,33). The first-order valence-corrected chi connectivity index (χ1v) is 9.20. The summed E-state index contributed by atoms with van der Waals surface area (Å²) in [6.07, 6.45) is -9.40. The Morgan fingerprint density at radius 3 is 2.38 bits per heavy atom. The fourth-order valence-electron chi connectivity index (χ4n) is 2.53. The molecule has 1 aromatic carbocycles. The number of aromatic nitrogens is 1. The molecule has 0 fully saturated rings. The number of amides is 2. The van der Waals surface area contributed by atoms with Gasteiger partial charge >= 0.3 is 12.5 Å². The van der Waals surface area contributed by atoms with E-state index < -0.39 is 57.6 Å². The molecule has 0 aliphatic carbocycles. The van der Waals surface area contributed by atoms with Crippen LogP contribution in [0.2, 0.25) is 5.02 Å². The van der Waals surface area contributed by atoms with E-state index in [-0.39, 0.29) is 5.96 Å². The van der Waals surface area contributed by atoms with Crippen LogP contribution in [0.4, 0.5) is 32.0 Å². The van der Waals surface area contributed by atoms with Gasteiger partial charge in [0.2, 0.25) is 5.96 Å². The molecule has 1 aliphatic rings. The van der Waals surface area contributed by atoms with Crippen LogP contribution in [0.3, 0.4) is 0 Å². The number of pyridine rings is 1. The third-order valence-electron chi connectivity index (χ3n) is 4.05. The predicted molar refractivity (Wildman–Crippen MR) is 104 cm³/mol. The fourth-order valence-corrected chi connectivity index (χ4v) is 2.82. The number of anilines is 1. The maximum atomic E-state index is 12.9. The zero-order valence-electron chi connectivity index (χ0n) is 16.6. The number of hydrogen-bond acceptors (Lipinski definition) is 8. The maximum absolute atomic E-state index is 12.9. The molecule has 1 aromatic heterocycles. The molecule has 2 heterocycles. The molecule has 3 rings (SSSR count). The van der Waals surface area contributed by atoms with Crippen molar-refractivity contribution in [2.45, 2.75) is 12.5 Å². The molecule has 10 nitrogen and oxygen atoms in total. The van der Waals surface area contributed by atoms with Crippen LogP contribution >= 0.6 is 11.6 Å². The van der Waals surface area contributed by atoms with Crippen molar-refractivity contribution in [3.63, 3.8) is 0 Å². The second-order valence-electron chi connectivity index (χ2n) is 6.40. The molecule has 34 heavy (non-hydrogen) atoms. The number of ether oxygens (including phenoxy) is 1. The maximum Gasteiger partial charge on any atom is 0.573 e. The molecule has 17 heteroatoms. The van der Waals surface area contributed by atoms with Crippen molar-refractivity contribution < 1.29 is 40.7 Å². The highest BCUT2D eigenvalue weighted by Crippen LogP contribution is 2.38. The Balaban J connectivity index is 1.97. The number of carbonyl (C=O) groups is 2. The summed E-state index contributed by atoms with van der Waals surface area (Å²) in [5.74, 6) is -3.24. The molecule has 2 amide bonds. The molecule has 4 N–H and O–H groups in total. The Kier molecular flexibility index (Phi) is 6.74. The molecule has 0 spiro atoms. The first-order valence-electron chi connectivity index (χ1n) is 8.82. The van der Waals surface area contributed by atoms with Gasteiger partial charge in [-0.3, -0.25) is 24.9 Å². The number of hydrazine groups is 2. The third-order valence-corrected chi connectivity index (χ3v) is 4.44. The van der Waals surface area contributed by atoms with Crippen molar-refractivity contribution in [1.29, 1.82) is 0 Å². The third kappa shape index (κ3) is 5.76. The van der Waals surface area contributed by atoms with Crippen molar-refractivity contribution >= 4 is 35.1 Å². The van der Waals surface area contributed by atoms with E-state index >= 15 is 0 Å². The van der Waals surface area contributed by atoms with Crippen molar-refractivity contribution in [3.8, 4) is 5.75 Å². The fraction of sp³-hybridized carbons (Fsp3) is 0.176. The molecule has 182 valence electrons. The minimum atomic E-state index is -5.22. The number of hydrazone groups is 1. The molecule has 0 saturated heterocycles. The summed E-state index contributed by atoms with van der Waals surface area (Å²) < 4.78 is 81.0. The second-order valence-corrected chi connectivity index (χ2v) is 6.78. The number of halogens is 7. The largest absolute Gasteiger partial charge is 0.573 e. The van der Waals surface area contributed by atoms with Gasteiger partial charge in [0.15, 0.2) is 5.75 Å². The predicted octanol–water partition coefficient (Wildman–Crippen LogP) is 2.86. The van der Waals surface area contributed by atoms with Gasteiger partial charge in [0.05, 0.1) is 10.6 Å². The molecule has 0 saturated carbocycles. The van der Waals surface area contributed by atoms with Crippen molar-refractivity contribution in [3.05, 3.63) is 52.3 Å². The van der Waals surface area contributed by atoms with E-state index in [4.69, 9.17) is 11.6 Å². The Bertz CT molecular complexity index is 1160. The van der Waals surface area contributed by atoms with Crippen LogP contribution in [0, 0.1) is 0 Å². The van der Waals surface area contributed by atoms with Crippen LogP contribution in [-0.2, 0) is 6.18 Å². The number of alkyl halides is 6. The van der Waals surface area contributed by atoms with Gasteiger partial charge in [0.25, 0.3) is 11.8 Å². The zero-order chi connectivity index (χ0) is 25.3. The number of nitrogens with zero attached hydrogens (tertiary/aromatic N) is 3. The van der Waals surface area contributed by atoms with Gasteiger partial charge in [-0.1, -0.05) is 11.6 Å². The van der Waals surface area contributed by atoms with E-state index in [1.807, 2.05) is 5.32 Å². The number of guanidine groups is 1. The Morgan fingerprint density at radius 1 is 1.09 bits per heavy atom. The molecule has 0 unspecified atom stereocenters. The number of carbonyl (C=O) groups excluding carboxylic acids is 2. The summed E-state index contributed by atoms with van der Waals surface area (Å²) in [7, 11) is 1.47. The van der Waals surface area contributed by atoms with E-state index in [0.717, 1.165) is 12.1 Å². The molecular weight excluding hydrogens is 500 g/mol. The number of hydrogen-bond donors (Lipinski definition) is 4. The summed E-state index contributed by atoms with van der Waals surface area (Å²) in [6.45, 7) is 0. The number of benzene rings is 1. The van der Waals surface area contributed by atoms with Gasteiger partial charge in [-0.25, -0.2) is 5.53 Å². The van der Waals surface area contributed by atoms with E-state index in [1.165, 1.54) is 12.1 Å².